The van der Waals surface area contributed by atoms with E-state index in [4.69, 9.17) is 9.15 Å². The summed E-state index contributed by atoms with van der Waals surface area (Å²) in [6.07, 6.45) is 2.79. The number of ether oxygens (including phenoxy) is 1. The van der Waals surface area contributed by atoms with Gasteiger partial charge in [0.15, 0.2) is 5.69 Å². The molecule has 0 saturated carbocycles. The third-order valence-corrected chi connectivity index (χ3v) is 3.16. The molecule has 7 nitrogen and oxygen atoms in total. The van der Waals surface area contributed by atoms with Crippen LogP contribution in [0.4, 0.5) is 0 Å². The topological polar surface area (TPSA) is 103 Å². The van der Waals surface area contributed by atoms with Crippen molar-refractivity contribution in [2.75, 3.05) is 0 Å². The predicted octanol–water partition coefficient (Wildman–Crippen LogP) is 1.95. The highest BCUT2D eigenvalue weighted by molar-refractivity contribution is 5.87. The molecule has 2 aromatic heterocycles. The maximum absolute atomic E-state index is 11.9. The van der Waals surface area contributed by atoms with E-state index in [2.05, 4.69) is 9.97 Å². The molecule has 0 atom stereocenters. The van der Waals surface area contributed by atoms with Crippen molar-refractivity contribution in [3.8, 4) is 5.75 Å². The number of esters is 1. The minimum absolute atomic E-state index is 0.0234. The van der Waals surface area contributed by atoms with Gasteiger partial charge in [-0.3, -0.25) is 4.98 Å². The number of carbonyl (C=O) groups is 1. The standard InChI is InChI=1S/C16H12N2O5/c1-9-6-18-13(7-17-9)16(21)22-8-10-4-15(20)23-14-5-11(19)2-3-12(10)14/h2-7,19H,8H2,1H3. The molecule has 116 valence electrons. The highest BCUT2D eigenvalue weighted by atomic mass is 16.5. The molecule has 0 unspecified atom stereocenters. The van der Waals surface area contributed by atoms with Gasteiger partial charge in [0, 0.05) is 29.3 Å². The van der Waals surface area contributed by atoms with Gasteiger partial charge < -0.3 is 14.3 Å². The Morgan fingerprint density at radius 2 is 2.09 bits per heavy atom. The number of aromatic nitrogens is 2. The largest absolute Gasteiger partial charge is 0.508 e. The molecule has 0 saturated heterocycles. The molecule has 23 heavy (non-hydrogen) atoms. The van der Waals surface area contributed by atoms with Gasteiger partial charge in [0.1, 0.15) is 17.9 Å². The van der Waals surface area contributed by atoms with Crippen LogP contribution >= 0.6 is 0 Å². The SMILES string of the molecule is Cc1cnc(C(=O)OCc2cc(=O)oc3cc(O)ccc23)cn1. The van der Waals surface area contributed by atoms with Crippen molar-refractivity contribution < 1.29 is 19.1 Å². The number of fused-ring (bicyclic) bond motifs is 1. The number of phenols is 1. The normalized spacial score (nSPS) is 10.7. The highest BCUT2D eigenvalue weighted by Gasteiger charge is 2.12. The van der Waals surface area contributed by atoms with Gasteiger partial charge in [-0.25, -0.2) is 14.6 Å². The molecule has 0 radical (unpaired) electrons. The molecule has 7 heteroatoms. The fourth-order valence-corrected chi connectivity index (χ4v) is 2.05. The first-order valence-electron chi connectivity index (χ1n) is 6.74. The summed E-state index contributed by atoms with van der Waals surface area (Å²) in [4.78, 5) is 31.4. The average Bonchev–Trinajstić information content (AvgIpc) is 2.52. The van der Waals surface area contributed by atoms with E-state index in [1.807, 2.05) is 0 Å². The number of benzene rings is 1. The molecule has 3 rings (SSSR count). The maximum Gasteiger partial charge on any atom is 0.358 e. The van der Waals surface area contributed by atoms with E-state index < -0.39 is 11.6 Å². The predicted molar refractivity (Wildman–Crippen MR) is 80.0 cm³/mol. The van der Waals surface area contributed by atoms with Gasteiger partial charge in [-0.05, 0) is 19.1 Å². The third kappa shape index (κ3) is 3.18. The fraction of sp³-hybridized carbons (Fsp3) is 0.125. The quantitative estimate of drug-likeness (QED) is 0.582. The Morgan fingerprint density at radius 1 is 1.26 bits per heavy atom. The lowest BCUT2D eigenvalue weighted by atomic mass is 10.1. The second-order valence-electron chi connectivity index (χ2n) is 4.89. The summed E-state index contributed by atoms with van der Waals surface area (Å²) in [5.74, 6) is -0.664. The first-order chi connectivity index (χ1) is 11.0. The first kappa shape index (κ1) is 14.7. The van der Waals surface area contributed by atoms with Crippen LogP contribution in [0.3, 0.4) is 0 Å². The summed E-state index contributed by atoms with van der Waals surface area (Å²) >= 11 is 0. The summed E-state index contributed by atoms with van der Waals surface area (Å²) in [6.45, 7) is 1.63. The lowest BCUT2D eigenvalue weighted by Crippen LogP contribution is -2.10. The van der Waals surface area contributed by atoms with Gasteiger partial charge in [-0.2, -0.15) is 0 Å². The zero-order valence-electron chi connectivity index (χ0n) is 12.1. The van der Waals surface area contributed by atoms with Gasteiger partial charge in [0.2, 0.25) is 0 Å². The van der Waals surface area contributed by atoms with Crippen molar-refractivity contribution >= 4 is 16.9 Å². The summed E-state index contributed by atoms with van der Waals surface area (Å²) in [7, 11) is 0. The lowest BCUT2D eigenvalue weighted by molar-refractivity contribution is 0.0466. The molecular weight excluding hydrogens is 300 g/mol. The van der Waals surface area contributed by atoms with Crippen LogP contribution in [0.2, 0.25) is 0 Å². The maximum atomic E-state index is 11.9. The Kier molecular flexibility index (Phi) is 3.76. The van der Waals surface area contributed by atoms with E-state index in [1.165, 1.54) is 30.6 Å². The van der Waals surface area contributed by atoms with Crippen LogP contribution in [0.1, 0.15) is 21.7 Å². The van der Waals surface area contributed by atoms with E-state index in [0.717, 1.165) is 0 Å². The molecule has 0 bridgehead atoms. The lowest BCUT2D eigenvalue weighted by Gasteiger charge is -2.07. The molecular formula is C16H12N2O5. The van der Waals surface area contributed by atoms with Gasteiger partial charge in [0.05, 0.1) is 11.9 Å². The zero-order chi connectivity index (χ0) is 16.4. The second-order valence-corrected chi connectivity index (χ2v) is 4.89. The second kappa shape index (κ2) is 5.88. The first-order valence-corrected chi connectivity index (χ1v) is 6.74. The third-order valence-electron chi connectivity index (χ3n) is 3.16. The van der Waals surface area contributed by atoms with Gasteiger partial charge in [-0.15, -0.1) is 0 Å². The van der Waals surface area contributed by atoms with Crippen LogP contribution in [-0.2, 0) is 11.3 Å². The number of carbonyl (C=O) groups excluding carboxylic acids is 1. The van der Waals surface area contributed by atoms with Crippen molar-refractivity contribution in [1.29, 1.82) is 0 Å². The van der Waals surface area contributed by atoms with Crippen molar-refractivity contribution in [2.24, 2.45) is 0 Å². The molecule has 1 aromatic carbocycles. The molecule has 1 N–H and O–H groups in total. The number of phenolic OH excluding ortho intramolecular Hbond substituents is 1. The van der Waals surface area contributed by atoms with E-state index in [9.17, 15) is 14.7 Å². The minimum Gasteiger partial charge on any atom is -0.508 e. The van der Waals surface area contributed by atoms with Crippen LogP contribution in [0.15, 0.2) is 45.9 Å². The highest BCUT2D eigenvalue weighted by Crippen LogP contribution is 2.22. The van der Waals surface area contributed by atoms with E-state index in [1.54, 1.807) is 13.0 Å². The minimum atomic E-state index is -0.641. The number of hydrogen-bond donors (Lipinski definition) is 1. The van der Waals surface area contributed by atoms with Crippen molar-refractivity contribution in [2.45, 2.75) is 13.5 Å². The molecule has 0 aliphatic rings. The molecule has 0 aliphatic carbocycles. The zero-order valence-corrected chi connectivity index (χ0v) is 12.1. The van der Waals surface area contributed by atoms with Crippen LogP contribution in [0.5, 0.6) is 5.75 Å². The number of aromatic hydroxyl groups is 1. The fourth-order valence-electron chi connectivity index (χ4n) is 2.05. The van der Waals surface area contributed by atoms with E-state index in [-0.39, 0.29) is 23.6 Å². The Balaban J connectivity index is 1.85. The van der Waals surface area contributed by atoms with Crippen LogP contribution in [0, 0.1) is 6.92 Å². The van der Waals surface area contributed by atoms with Crippen LogP contribution in [-0.4, -0.2) is 21.0 Å². The number of hydrogen-bond acceptors (Lipinski definition) is 7. The molecule has 0 spiro atoms. The van der Waals surface area contributed by atoms with Crippen molar-refractivity contribution in [1.82, 2.24) is 9.97 Å². The monoisotopic (exact) mass is 312 g/mol. The van der Waals surface area contributed by atoms with Gasteiger partial charge >= 0.3 is 11.6 Å². The summed E-state index contributed by atoms with van der Waals surface area (Å²) in [5, 5.41) is 10.0. The van der Waals surface area contributed by atoms with E-state index >= 15 is 0 Å². The molecule has 2 heterocycles. The number of nitrogens with zero attached hydrogens (tertiary/aromatic N) is 2. The van der Waals surface area contributed by atoms with Crippen LogP contribution in [0.25, 0.3) is 11.0 Å². The number of rotatable bonds is 3. The van der Waals surface area contributed by atoms with Crippen LogP contribution < -0.4 is 5.63 Å². The molecule has 0 amide bonds. The van der Waals surface area contributed by atoms with Gasteiger partial charge in [0.25, 0.3) is 0 Å². The summed E-state index contributed by atoms with van der Waals surface area (Å²) in [6, 6.07) is 5.61. The van der Waals surface area contributed by atoms with E-state index in [0.29, 0.717) is 16.6 Å². The summed E-state index contributed by atoms with van der Waals surface area (Å²) in [5.41, 5.74) is 0.876. The van der Waals surface area contributed by atoms with Gasteiger partial charge in [-0.1, -0.05) is 0 Å². The smallest absolute Gasteiger partial charge is 0.358 e. The summed E-state index contributed by atoms with van der Waals surface area (Å²) < 4.78 is 10.2. The molecule has 0 fully saturated rings. The Bertz CT molecular complexity index is 931. The van der Waals surface area contributed by atoms with Crippen molar-refractivity contribution in [3.05, 3.63) is 64.0 Å². The molecule has 0 aliphatic heterocycles. The Morgan fingerprint density at radius 3 is 2.83 bits per heavy atom. The molecule has 3 aromatic rings. The Hall–Kier alpha value is -3.22. The van der Waals surface area contributed by atoms with Crippen molar-refractivity contribution in [3.63, 3.8) is 0 Å². The average molecular weight is 312 g/mol. The number of aryl methyl sites for hydroxylation is 1. The Labute approximate surface area is 130 Å².